The van der Waals surface area contributed by atoms with Gasteiger partial charge in [0, 0.05) is 10.7 Å². The van der Waals surface area contributed by atoms with Crippen molar-refractivity contribution < 1.29 is 5.11 Å². The van der Waals surface area contributed by atoms with E-state index < -0.39 is 0 Å². The highest BCUT2D eigenvalue weighted by molar-refractivity contribution is 9.10. The van der Waals surface area contributed by atoms with Gasteiger partial charge >= 0.3 is 0 Å². The molecule has 16 heavy (non-hydrogen) atoms. The van der Waals surface area contributed by atoms with Gasteiger partial charge in [-0.3, -0.25) is 4.98 Å². The van der Waals surface area contributed by atoms with Gasteiger partial charge in [-0.2, -0.15) is 0 Å². The maximum absolute atomic E-state index is 9.54. The lowest BCUT2D eigenvalue weighted by Gasteiger charge is -2.07. The Bertz CT molecular complexity index is 471. The molecule has 1 aromatic carbocycles. The van der Waals surface area contributed by atoms with Crippen LogP contribution in [0.5, 0.6) is 5.75 Å². The Morgan fingerprint density at radius 1 is 1.19 bits per heavy atom. The van der Waals surface area contributed by atoms with Crippen molar-refractivity contribution in [3.8, 4) is 5.75 Å². The summed E-state index contributed by atoms with van der Waals surface area (Å²) in [5.74, 6) is 0.250. The van der Waals surface area contributed by atoms with E-state index >= 15 is 0 Å². The highest BCUT2D eigenvalue weighted by Crippen LogP contribution is 2.21. The number of nitrogens with one attached hydrogen (secondary N) is 1. The van der Waals surface area contributed by atoms with E-state index in [9.17, 15) is 5.11 Å². The van der Waals surface area contributed by atoms with E-state index in [-0.39, 0.29) is 5.75 Å². The zero-order valence-electron chi connectivity index (χ0n) is 8.52. The van der Waals surface area contributed by atoms with E-state index in [0.717, 1.165) is 10.2 Å². The molecule has 0 radical (unpaired) electrons. The number of hydrogen-bond acceptors (Lipinski definition) is 3. The van der Waals surface area contributed by atoms with Gasteiger partial charge in [-0.15, -0.1) is 0 Å². The quantitative estimate of drug-likeness (QED) is 0.848. The summed E-state index contributed by atoms with van der Waals surface area (Å²) in [6.07, 6.45) is 1.75. The van der Waals surface area contributed by atoms with Gasteiger partial charge in [0.1, 0.15) is 5.75 Å². The van der Waals surface area contributed by atoms with Gasteiger partial charge in [-0.1, -0.05) is 12.1 Å². The fourth-order valence-corrected chi connectivity index (χ4v) is 1.55. The molecule has 4 heteroatoms. The van der Waals surface area contributed by atoms with Crippen LogP contribution >= 0.6 is 15.9 Å². The van der Waals surface area contributed by atoms with Crippen molar-refractivity contribution in [3.05, 3.63) is 52.8 Å². The predicted molar refractivity (Wildman–Crippen MR) is 67.4 cm³/mol. The van der Waals surface area contributed by atoms with E-state index in [1.165, 1.54) is 0 Å². The second-order valence-corrected chi connectivity index (χ2v) is 4.25. The Morgan fingerprint density at radius 3 is 2.69 bits per heavy atom. The molecule has 0 aliphatic heterocycles. The van der Waals surface area contributed by atoms with Crippen LogP contribution in [0.1, 0.15) is 5.69 Å². The second kappa shape index (κ2) is 4.99. The van der Waals surface area contributed by atoms with Crippen LogP contribution in [0.2, 0.25) is 0 Å². The molecule has 2 N–H and O–H groups in total. The number of hydrogen-bond donors (Lipinski definition) is 2. The number of phenolic OH excluding ortho intramolecular Hbond substituents is 1. The van der Waals surface area contributed by atoms with Crippen molar-refractivity contribution in [1.29, 1.82) is 0 Å². The summed E-state index contributed by atoms with van der Waals surface area (Å²) in [6.45, 7) is 0.588. The minimum Gasteiger partial charge on any atom is -0.506 e. The molecule has 0 fully saturated rings. The Balaban J connectivity index is 2.02. The molecule has 3 nitrogen and oxygen atoms in total. The average molecular weight is 279 g/mol. The Kier molecular flexibility index (Phi) is 3.41. The summed E-state index contributed by atoms with van der Waals surface area (Å²) in [5.41, 5.74) is 1.64. The number of nitrogens with zero attached hydrogens (tertiary/aromatic N) is 1. The number of aromatic hydroxyl groups is 1. The fourth-order valence-electron chi connectivity index (χ4n) is 1.32. The molecule has 2 rings (SSSR count). The molecule has 82 valence electrons. The number of para-hydroxylation sites is 2. The number of anilines is 1. The molecule has 0 spiro atoms. The zero-order chi connectivity index (χ0) is 11.4. The molecule has 0 unspecified atom stereocenters. The van der Waals surface area contributed by atoms with Crippen LogP contribution in [0.15, 0.2) is 47.1 Å². The van der Waals surface area contributed by atoms with Gasteiger partial charge < -0.3 is 10.4 Å². The zero-order valence-corrected chi connectivity index (χ0v) is 10.1. The first-order chi connectivity index (χ1) is 7.75. The molecule has 2 aromatic rings. The molecule has 0 saturated carbocycles. The van der Waals surface area contributed by atoms with Crippen molar-refractivity contribution in [1.82, 2.24) is 4.98 Å². The summed E-state index contributed by atoms with van der Waals surface area (Å²) >= 11 is 3.33. The number of phenols is 1. The third-order valence-corrected chi connectivity index (χ3v) is 2.62. The summed E-state index contributed by atoms with van der Waals surface area (Å²) in [4.78, 5) is 4.23. The molecular formula is C12H11BrN2O. The maximum atomic E-state index is 9.54. The fraction of sp³-hybridized carbons (Fsp3) is 0.0833. The summed E-state index contributed by atoms with van der Waals surface area (Å²) in [7, 11) is 0. The van der Waals surface area contributed by atoms with Crippen LogP contribution in [-0.2, 0) is 6.54 Å². The van der Waals surface area contributed by atoms with Crippen molar-refractivity contribution in [2.24, 2.45) is 0 Å². The number of aromatic nitrogens is 1. The van der Waals surface area contributed by atoms with Crippen molar-refractivity contribution in [2.75, 3.05) is 5.32 Å². The van der Waals surface area contributed by atoms with E-state index in [1.54, 1.807) is 18.3 Å². The highest BCUT2D eigenvalue weighted by Gasteiger charge is 1.99. The lowest BCUT2D eigenvalue weighted by Crippen LogP contribution is -2.01. The minimum absolute atomic E-state index is 0.250. The summed E-state index contributed by atoms with van der Waals surface area (Å²) in [6, 6.07) is 11.0. The monoisotopic (exact) mass is 278 g/mol. The van der Waals surface area contributed by atoms with Crippen molar-refractivity contribution in [2.45, 2.75) is 6.54 Å². The van der Waals surface area contributed by atoms with Crippen LogP contribution in [0.3, 0.4) is 0 Å². The van der Waals surface area contributed by atoms with Gasteiger partial charge in [0.05, 0.1) is 17.9 Å². The Labute approximate surface area is 102 Å². The van der Waals surface area contributed by atoms with Crippen LogP contribution in [0, 0.1) is 0 Å². The van der Waals surface area contributed by atoms with Crippen molar-refractivity contribution in [3.63, 3.8) is 0 Å². The SMILES string of the molecule is Oc1ccccc1NCc1ccc(Br)cn1. The number of pyridine rings is 1. The van der Waals surface area contributed by atoms with Crippen molar-refractivity contribution >= 4 is 21.6 Å². The Morgan fingerprint density at radius 2 is 2.00 bits per heavy atom. The van der Waals surface area contributed by atoms with Gasteiger partial charge in [0.2, 0.25) is 0 Å². The van der Waals surface area contributed by atoms with Crippen LogP contribution in [-0.4, -0.2) is 10.1 Å². The number of rotatable bonds is 3. The molecule has 0 saturated heterocycles. The Hall–Kier alpha value is -1.55. The molecule has 1 heterocycles. The van der Waals surface area contributed by atoms with Crippen LogP contribution in [0.25, 0.3) is 0 Å². The first kappa shape index (κ1) is 11.0. The lowest BCUT2D eigenvalue weighted by molar-refractivity contribution is 0.477. The first-order valence-corrected chi connectivity index (χ1v) is 5.67. The lowest BCUT2D eigenvalue weighted by atomic mass is 10.3. The number of benzene rings is 1. The average Bonchev–Trinajstić information content (AvgIpc) is 2.30. The third kappa shape index (κ3) is 2.73. The summed E-state index contributed by atoms with van der Waals surface area (Å²) < 4.78 is 0.957. The van der Waals surface area contributed by atoms with Gasteiger partial charge in [0.25, 0.3) is 0 Å². The third-order valence-electron chi connectivity index (χ3n) is 2.15. The first-order valence-electron chi connectivity index (χ1n) is 4.88. The minimum atomic E-state index is 0.250. The van der Waals surface area contributed by atoms with E-state index in [2.05, 4.69) is 26.2 Å². The summed E-state index contributed by atoms with van der Waals surface area (Å²) in [5, 5.41) is 12.7. The second-order valence-electron chi connectivity index (χ2n) is 3.34. The standard InChI is InChI=1S/C12H11BrN2O/c13-9-5-6-10(14-7-9)8-15-11-3-1-2-4-12(11)16/h1-7,15-16H,8H2. The van der Waals surface area contributed by atoms with Gasteiger partial charge in [-0.05, 0) is 40.2 Å². The normalized spacial score (nSPS) is 10.1. The molecule has 0 aliphatic rings. The topological polar surface area (TPSA) is 45.1 Å². The van der Waals surface area contributed by atoms with Crippen LogP contribution in [0.4, 0.5) is 5.69 Å². The molecular weight excluding hydrogens is 268 g/mol. The number of halogens is 1. The highest BCUT2D eigenvalue weighted by atomic mass is 79.9. The predicted octanol–water partition coefficient (Wildman–Crippen LogP) is 3.16. The van der Waals surface area contributed by atoms with E-state index in [1.807, 2.05) is 24.3 Å². The molecule has 0 amide bonds. The van der Waals surface area contributed by atoms with Crippen LogP contribution < -0.4 is 5.32 Å². The van der Waals surface area contributed by atoms with Gasteiger partial charge in [0.15, 0.2) is 0 Å². The van der Waals surface area contributed by atoms with E-state index in [0.29, 0.717) is 12.2 Å². The largest absolute Gasteiger partial charge is 0.506 e. The van der Waals surface area contributed by atoms with E-state index in [4.69, 9.17) is 0 Å². The molecule has 0 atom stereocenters. The molecule has 1 aromatic heterocycles. The smallest absolute Gasteiger partial charge is 0.138 e. The maximum Gasteiger partial charge on any atom is 0.138 e. The molecule has 0 bridgehead atoms. The van der Waals surface area contributed by atoms with Gasteiger partial charge in [-0.25, -0.2) is 0 Å². The molecule has 0 aliphatic carbocycles.